The van der Waals surface area contributed by atoms with E-state index in [-0.39, 0.29) is 24.5 Å². The molecule has 7 nitrogen and oxygen atoms in total. The molecule has 9 heteroatoms. The number of nitrogens with zero attached hydrogens (tertiary/aromatic N) is 1. The molecule has 20 heavy (non-hydrogen) atoms. The fourth-order valence-electron chi connectivity index (χ4n) is 1.67. The van der Waals surface area contributed by atoms with E-state index in [2.05, 4.69) is 10.0 Å². The molecule has 0 aromatic heterocycles. The third-order valence-electron chi connectivity index (χ3n) is 2.69. The molecule has 2 N–H and O–H groups in total. The van der Waals surface area contributed by atoms with Gasteiger partial charge in [-0.15, -0.1) is 0 Å². The molecule has 1 aliphatic rings. The maximum atomic E-state index is 12.7. The molecule has 1 aromatic carbocycles. The monoisotopic (exact) mass is 301 g/mol. The molecule has 1 fully saturated rings. The lowest BCUT2D eigenvalue weighted by Crippen LogP contribution is -2.38. The van der Waals surface area contributed by atoms with Crippen molar-refractivity contribution in [1.82, 2.24) is 14.9 Å². The van der Waals surface area contributed by atoms with Crippen molar-refractivity contribution in [3.63, 3.8) is 0 Å². The van der Waals surface area contributed by atoms with Crippen LogP contribution in [0.3, 0.4) is 0 Å². The van der Waals surface area contributed by atoms with Crippen molar-refractivity contribution in [2.75, 3.05) is 19.6 Å². The van der Waals surface area contributed by atoms with Gasteiger partial charge in [0, 0.05) is 13.1 Å². The summed E-state index contributed by atoms with van der Waals surface area (Å²) in [5.74, 6) is -0.945. The lowest BCUT2D eigenvalue weighted by molar-refractivity contribution is -0.124. The van der Waals surface area contributed by atoms with E-state index in [0.717, 1.165) is 29.2 Å². The fraction of sp³-hybridized carbons (Fsp3) is 0.273. The van der Waals surface area contributed by atoms with E-state index in [4.69, 9.17) is 0 Å². The van der Waals surface area contributed by atoms with E-state index in [1.54, 1.807) is 0 Å². The highest BCUT2D eigenvalue weighted by atomic mass is 32.2. The molecule has 0 bridgehead atoms. The van der Waals surface area contributed by atoms with Crippen LogP contribution in [0.5, 0.6) is 0 Å². The first-order chi connectivity index (χ1) is 9.40. The van der Waals surface area contributed by atoms with Gasteiger partial charge in [0.15, 0.2) is 0 Å². The second kappa shape index (κ2) is 5.55. The molecule has 1 saturated heterocycles. The van der Waals surface area contributed by atoms with Crippen molar-refractivity contribution in [3.8, 4) is 0 Å². The van der Waals surface area contributed by atoms with Crippen LogP contribution in [0.1, 0.15) is 0 Å². The summed E-state index contributed by atoms with van der Waals surface area (Å²) in [7, 11) is -3.79. The Labute approximate surface area is 114 Å². The van der Waals surface area contributed by atoms with Crippen molar-refractivity contribution < 1.29 is 22.4 Å². The van der Waals surface area contributed by atoms with Gasteiger partial charge in [-0.2, -0.15) is 0 Å². The van der Waals surface area contributed by atoms with Crippen LogP contribution >= 0.6 is 0 Å². The van der Waals surface area contributed by atoms with Crippen molar-refractivity contribution in [1.29, 1.82) is 0 Å². The summed E-state index contributed by atoms with van der Waals surface area (Å²) in [5.41, 5.74) is 0. The number of hydrogen-bond donors (Lipinski definition) is 2. The minimum atomic E-state index is -3.79. The van der Waals surface area contributed by atoms with E-state index in [0.29, 0.717) is 0 Å². The van der Waals surface area contributed by atoms with Gasteiger partial charge in [-0.25, -0.2) is 22.3 Å². The van der Waals surface area contributed by atoms with Crippen LogP contribution in [0, 0.1) is 5.82 Å². The maximum Gasteiger partial charge on any atom is 0.324 e. The summed E-state index contributed by atoms with van der Waals surface area (Å²) in [6.45, 7) is -0.256. The van der Waals surface area contributed by atoms with Crippen LogP contribution in [0.4, 0.5) is 9.18 Å². The van der Waals surface area contributed by atoms with E-state index in [1.165, 1.54) is 0 Å². The average Bonchev–Trinajstić information content (AvgIpc) is 2.71. The molecule has 1 heterocycles. The van der Waals surface area contributed by atoms with Gasteiger partial charge < -0.3 is 5.32 Å². The highest BCUT2D eigenvalue weighted by molar-refractivity contribution is 7.89. The number of rotatable bonds is 5. The van der Waals surface area contributed by atoms with Gasteiger partial charge in [0.2, 0.25) is 15.9 Å². The summed E-state index contributed by atoms with van der Waals surface area (Å²) in [6, 6.07) is 3.78. The van der Waals surface area contributed by atoms with Crippen LogP contribution in [-0.4, -0.2) is 44.9 Å². The van der Waals surface area contributed by atoms with Crippen LogP contribution in [-0.2, 0) is 14.8 Å². The van der Waals surface area contributed by atoms with Gasteiger partial charge >= 0.3 is 6.03 Å². The zero-order valence-electron chi connectivity index (χ0n) is 10.3. The Balaban J connectivity index is 1.94. The molecular formula is C11H12FN3O4S. The Kier molecular flexibility index (Phi) is 4.00. The highest BCUT2D eigenvalue weighted by Gasteiger charge is 2.28. The Morgan fingerprint density at radius 3 is 2.45 bits per heavy atom. The molecule has 0 unspecified atom stereocenters. The standard InChI is InChI=1S/C11H12FN3O4S/c12-8-1-3-9(4-2-8)20(18,19)14-5-6-15-10(16)7-13-11(15)17/h1-4,14H,5-7H2,(H,13,17). The molecule has 1 aromatic rings. The molecule has 1 aliphatic heterocycles. The number of halogens is 1. The van der Waals surface area contributed by atoms with Crippen LogP contribution in [0.15, 0.2) is 29.2 Å². The van der Waals surface area contributed by atoms with Crippen molar-refractivity contribution in [3.05, 3.63) is 30.1 Å². The molecule has 0 spiro atoms. The van der Waals surface area contributed by atoms with Gasteiger partial charge in [0.25, 0.3) is 0 Å². The largest absolute Gasteiger partial charge is 0.329 e. The first kappa shape index (κ1) is 14.4. The normalized spacial score (nSPS) is 15.6. The number of imide groups is 1. The number of hydrogen-bond acceptors (Lipinski definition) is 4. The van der Waals surface area contributed by atoms with E-state index in [1.807, 2.05) is 0 Å². The van der Waals surface area contributed by atoms with Crippen LogP contribution in [0.25, 0.3) is 0 Å². The highest BCUT2D eigenvalue weighted by Crippen LogP contribution is 2.09. The number of benzene rings is 1. The summed E-state index contributed by atoms with van der Waals surface area (Å²) < 4.78 is 38.6. The Bertz CT molecular complexity index is 614. The third-order valence-corrected chi connectivity index (χ3v) is 4.17. The smallest absolute Gasteiger partial charge is 0.324 e. The Hall–Kier alpha value is -2.00. The Morgan fingerprint density at radius 1 is 1.25 bits per heavy atom. The molecular weight excluding hydrogens is 289 g/mol. The van der Waals surface area contributed by atoms with Gasteiger partial charge in [0.1, 0.15) is 5.82 Å². The predicted octanol–water partition coefficient (Wildman–Crippen LogP) is -0.344. The molecule has 3 amide bonds. The second-order valence-corrected chi connectivity index (χ2v) is 5.82. The lowest BCUT2D eigenvalue weighted by atomic mass is 10.4. The number of urea groups is 1. The predicted molar refractivity (Wildman–Crippen MR) is 66.7 cm³/mol. The zero-order valence-corrected chi connectivity index (χ0v) is 11.1. The van der Waals surface area contributed by atoms with Gasteiger partial charge in [-0.05, 0) is 24.3 Å². The zero-order chi connectivity index (χ0) is 14.8. The average molecular weight is 301 g/mol. The molecule has 0 saturated carbocycles. The third kappa shape index (κ3) is 3.11. The van der Waals surface area contributed by atoms with Gasteiger partial charge in [-0.1, -0.05) is 0 Å². The maximum absolute atomic E-state index is 12.7. The quantitative estimate of drug-likeness (QED) is 0.727. The SMILES string of the molecule is O=C1CNC(=O)N1CCNS(=O)(=O)c1ccc(F)cc1. The topological polar surface area (TPSA) is 95.6 Å². The van der Waals surface area contributed by atoms with Crippen molar-refractivity contribution >= 4 is 22.0 Å². The number of amides is 3. The first-order valence-electron chi connectivity index (χ1n) is 5.73. The fourth-order valence-corrected chi connectivity index (χ4v) is 2.69. The van der Waals surface area contributed by atoms with E-state index in [9.17, 15) is 22.4 Å². The van der Waals surface area contributed by atoms with Crippen LogP contribution < -0.4 is 10.0 Å². The van der Waals surface area contributed by atoms with E-state index < -0.39 is 27.8 Å². The molecule has 108 valence electrons. The molecule has 2 rings (SSSR count). The van der Waals surface area contributed by atoms with Crippen molar-refractivity contribution in [2.24, 2.45) is 0 Å². The molecule has 0 aliphatic carbocycles. The summed E-state index contributed by atoms with van der Waals surface area (Å²) in [5, 5.41) is 2.32. The minimum absolute atomic E-state index is 0.0644. The number of nitrogens with one attached hydrogen (secondary N) is 2. The number of carbonyl (C=O) groups excluding carboxylic acids is 2. The van der Waals surface area contributed by atoms with Gasteiger partial charge in [0.05, 0.1) is 11.4 Å². The summed E-state index contributed by atoms with van der Waals surface area (Å²) in [4.78, 5) is 23.3. The summed E-state index contributed by atoms with van der Waals surface area (Å²) >= 11 is 0. The minimum Gasteiger partial charge on any atom is -0.329 e. The Morgan fingerprint density at radius 2 is 1.90 bits per heavy atom. The first-order valence-corrected chi connectivity index (χ1v) is 7.22. The molecule has 0 atom stereocenters. The summed E-state index contributed by atoms with van der Waals surface area (Å²) in [6.07, 6.45) is 0. The lowest BCUT2D eigenvalue weighted by Gasteiger charge is -2.13. The second-order valence-electron chi connectivity index (χ2n) is 4.06. The molecule has 0 radical (unpaired) electrons. The van der Waals surface area contributed by atoms with Crippen LogP contribution in [0.2, 0.25) is 0 Å². The van der Waals surface area contributed by atoms with Gasteiger partial charge in [-0.3, -0.25) is 9.69 Å². The number of carbonyl (C=O) groups is 2. The number of sulfonamides is 1. The van der Waals surface area contributed by atoms with E-state index >= 15 is 0 Å². The van der Waals surface area contributed by atoms with Crippen molar-refractivity contribution in [2.45, 2.75) is 4.90 Å².